The first-order valence-corrected chi connectivity index (χ1v) is 7.12. The number of aliphatic imine (C=N–C) groups is 1. The Hall–Kier alpha value is -1.05. The zero-order valence-corrected chi connectivity index (χ0v) is 15.3. The van der Waals surface area contributed by atoms with Gasteiger partial charge in [0, 0.05) is 17.8 Å². The lowest BCUT2D eigenvalue weighted by Crippen LogP contribution is -2.44. The maximum absolute atomic E-state index is 5.85. The van der Waals surface area contributed by atoms with Crippen LogP contribution in [0.25, 0.3) is 0 Å². The second kappa shape index (κ2) is 7.82. The van der Waals surface area contributed by atoms with Gasteiger partial charge in [-0.15, -0.1) is 24.0 Å². The van der Waals surface area contributed by atoms with Crippen LogP contribution in [0.15, 0.2) is 23.3 Å². The van der Waals surface area contributed by atoms with E-state index in [1.54, 1.807) is 6.20 Å². The normalized spacial score (nSPS) is 15.9. The SMILES string of the molecule is CC(C)(C)NC(N)=NCc1ccnc(OC2CCC2)c1.I. The monoisotopic (exact) mass is 404 g/mol. The molecule has 0 saturated heterocycles. The van der Waals surface area contributed by atoms with Gasteiger partial charge in [0.2, 0.25) is 5.88 Å². The van der Waals surface area contributed by atoms with Gasteiger partial charge >= 0.3 is 0 Å². The van der Waals surface area contributed by atoms with Crippen molar-refractivity contribution in [3.05, 3.63) is 23.9 Å². The highest BCUT2D eigenvalue weighted by molar-refractivity contribution is 14.0. The minimum atomic E-state index is -0.0790. The second-order valence-corrected chi connectivity index (χ2v) is 6.25. The number of nitrogens with one attached hydrogen (secondary N) is 1. The number of hydrogen-bond acceptors (Lipinski definition) is 3. The number of guanidine groups is 1. The highest BCUT2D eigenvalue weighted by atomic mass is 127. The first-order chi connectivity index (χ1) is 9.42. The van der Waals surface area contributed by atoms with Crippen LogP contribution in [-0.4, -0.2) is 22.6 Å². The zero-order chi connectivity index (χ0) is 14.6. The summed E-state index contributed by atoms with van der Waals surface area (Å²) in [5, 5.41) is 3.14. The Morgan fingerprint density at radius 2 is 2.19 bits per heavy atom. The number of pyridine rings is 1. The summed E-state index contributed by atoms with van der Waals surface area (Å²) in [6.45, 7) is 6.67. The van der Waals surface area contributed by atoms with Crippen molar-refractivity contribution in [3.8, 4) is 5.88 Å². The minimum absolute atomic E-state index is 0. The molecule has 2 rings (SSSR count). The fourth-order valence-electron chi connectivity index (χ4n) is 1.87. The molecule has 0 amide bonds. The summed E-state index contributed by atoms with van der Waals surface area (Å²) < 4.78 is 5.77. The summed E-state index contributed by atoms with van der Waals surface area (Å²) >= 11 is 0. The highest BCUT2D eigenvalue weighted by Crippen LogP contribution is 2.24. The Kier molecular flexibility index (Phi) is 6.70. The molecule has 1 aromatic heterocycles. The maximum Gasteiger partial charge on any atom is 0.213 e. The van der Waals surface area contributed by atoms with Crippen LogP contribution in [-0.2, 0) is 6.54 Å². The van der Waals surface area contributed by atoms with Gasteiger partial charge in [0.25, 0.3) is 0 Å². The molecule has 118 valence electrons. The Morgan fingerprint density at radius 3 is 2.76 bits per heavy atom. The second-order valence-electron chi connectivity index (χ2n) is 6.25. The molecule has 1 saturated carbocycles. The van der Waals surface area contributed by atoms with E-state index in [9.17, 15) is 0 Å². The molecule has 1 aliphatic carbocycles. The van der Waals surface area contributed by atoms with Crippen LogP contribution in [0.1, 0.15) is 45.6 Å². The van der Waals surface area contributed by atoms with Crippen molar-refractivity contribution in [3.63, 3.8) is 0 Å². The van der Waals surface area contributed by atoms with Crippen LogP contribution in [0.2, 0.25) is 0 Å². The van der Waals surface area contributed by atoms with Crippen LogP contribution in [0.4, 0.5) is 0 Å². The summed E-state index contributed by atoms with van der Waals surface area (Å²) in [6.07, 6.45) is 5.61. The molecule has 0 spiro atoms. The van der Waals surface area contributed by atoms with E-state index >= 15 is 0 Å². The van der Waals surface area contributed by atoms with Crippen LogP contribution in [0.3, 0.4) is 0 Å². The van der Waals surface area contributed by atoms with E-state index in [-0.39, 0.29) is 29.5 Å². The van der Waals surface area contributed by atoms with Crippen molar-refractivity contribution in [1.29, 1.82) is 0 Å². The maximum atomic E-state index is 5.85. The topological polar surface area (TPSA) is 72.5 Å². The third kappa shape index (κ3) is 6.50. The van der Waals surface area contributed by atoms with Gasteiger partial charge in [-0.2, -0.15) is 0 Å². The van der Waals surface area contributed by atoms with Crippen LogP contribution in [0.5, 0.6) is 5.88 Å². The standard InChI is InChI=1S/C15H24N4O.HI/c1-15(2,3)19-14(16)18-10-11-7-8-17-13(9-11)20-12-5-4-6-12;/h7-9,12H,4-6,10H2,1-3H3,(H3,16,18,19);1H. The minimum Gasteiger partial charge on any atom is -0.474 e. The van der Waals surface area contributed by atoms with Gasteiger partial charge in [0.1, 0.15) is 6.10 Å². The molecule has 0 aromatic carbocycles. The molecule has 0 atom stereocenters. The Morgan fingerprint density at radius 1 is 1.48 bits per heavy atom. The van der Waals surface area contributed by atoms with Crippen molar-refractivity contribution >= 4 is 29.9 Å². The van der Waals surface area contributed by atoms with E-state index in [1.807, 2.05) is 32.9 Å². The predicted octanol–water partition coefficient (Wildman–Crippen LogP) is 2.83. The average Bonchev–Trinajstić information content (AvgIpc) is 2.30. The molecule has 3 N–H and O–H groups in total. The molecule has 0 bridgehead atoms. The van der Waals surface area contributed by atoms with Crippen LogP contribution >= 0.6 is 24.0 Å². The van der Waals surface area contributed by atoms with Gasteiger partial charge in [-0.1, -0.05) is 0 Å². The van der Waals surface area contributed by atoms with E-state index in [4.69, 9.17) is 10.5 Å². The van der Waals surface area contributed by atoms with E-state index in [1.165, 1.54) is 6.42 Å². The molecule has 0 radical (unpaired) electrons. The number of ether oxygens (including phenoxy) is 1. The fourth-order valence-corrected chi connectivity index (χ4v) is 1.87. The predicted molar refractivity (Wildman–Crippen MR) is 96.1 cm³/mol. The lowest BCUT2D eigenvalue weighted by molar-refractivity contribution is 0.114. The molecule has 6 heteroatoms. The van der Waals surface area contributed by atoms with Crippen LogP contribution < -0.4 is 15.8 Å². The summed E-state index contributed by atoms with van der Waals surface area (Å²) in [5.41, 5.74) is 6.82. The van der Waals surface area contributed by atoms with Crippen molar-refractivity contribution in [1.82, 2.24) is 10.3 Å². The first kappa shape index (κ1) is 18.0. The number of halogens is 1. The number of rotatable bonds is 4. The van der Waals surface area contributed by atoms with Crippen molar-refractivity contribution in [2.45, 2.75) is 58.2 Å². The molecule has 0 unspecified atom stereocenters. The van der Waals surface area contributed by atoms with Crippen LogP contribution in [0, 0.1) is 0 Å². The molecular formula is C15H25IN4O. The van der Waals surface area contributed by atoms with Gasteiger partial charge in [-0.3, -0.25) is 0 Å². The number of nitrogens with zero attached hydrogens (tertiary/aromatic N) is 2. The van der Waals surface area contributed by atoms with E-state index in [0.717, 1.165) is 18.4 Å². The molecule has 1 aliphatic rings. The Bertz CT molecular complexity index is 481. The van der Waals surface area contributed by atoms with Gasteiger partial charge in [0.15, 0.2) is 5.96 Å². The summed E-state index contributed by atoms with van der Waals surface area (Å²) in [7, 11) is 0. The Labute approximate surface area is 143 Å². The van der Waals surface area contributed by atoms with Crippen molar-refractivity contribution in [2.75, 3.05) is 0 Å². The molecule has 21 heavy (non-hydrogen) atoms. The zero-order valence-electron chi connectivity index (χ0n) is 12.9. The molecular weight excluding hydrogens is 379 g/mol. The molecule has 1 aromatic rings. The van der Waals surface area contributed by atoms with Crippen molar-refractivity contribution in [2.24, 2.45) is 10.7 Å². The number of aromatic nitrogens is 1. The number of hydrogen-bond donors (Lipinski definition) is 2. The van der Waals surface area contributed by atoms with Gasteiger partial charge in [-0.05, 0) is 51.7 Å². The first-order valence-electron chi connectivity index (χ1n) is 7.12. The lowest BCUT2D eigenvalue weighted by atomic mass is 9.96. The average molecular weight is 404 g/mol. The van der Waals surface area contributed by atoms with Crippen molar-refractivity contribution < 1.29 is 4.74 Å². The fraction of sp³-hybridized carbons (Fsp3) is 0.600. The van der Waals surface area contributed by atoms with E-state index in [0.29, 0.717) is 24.5 Å². The summed E-state index contributed by atoms with van der Waals surface area (Å²) in [4.78, 5) is 8.56. The van der Waals surface area contributed by atoms with Gasteiger partial charge in [-0.25, -0.2) is 9.98 Å². The molecule has 5 nitrogen and oxygen atoms in total. The van der Waals surface area contributed by atoms with E-state index in [2.05, 4.69) is 15.3 Å². The smallest absolute Gasteiger partial charge is 0.213 e. The third-order valence-electron chi connectivity index (χ3n) is 3.07. The number of nitrogens with two attached hydrogens (primary N) is 1. The highest BCUT2D eigenvalue weighted by Gasteiger charge is 2.19. The van der Waals surface area contributed by atoms with Gasteiger partial charge < -0.3 is 15.8 Å². The molecule has 0 aliphatic heterocycles. The molecule has 1 heterocycles. The van der Waals surface area contributed by atoms with Gasteiger partial charge in [0.05, 0.1) is 6.54 Å². The van der Waals surface area contributed by atoms with E-state index < -0.39 is 0 Å². The Balaban J connectivity index is 0.00000220. The third-order valence-corrected chi connectivity index (χ3v) is 3.07. The largest absolute Gasteiger partial charge is 0.474 e. The summed E-state index contributed by atoms with van der Waals surface area (Å²) in [6, 6.07) is 3.87. The lowest BCUT2D eigenvalue weighted by Gasteiger charge is -2.25. The summed E-state index contributed by atoms with van der Waals surface area (Å²) in [5.74, 6) is 1.14. The quantitative estimate of drug-likeness (QED) is 0.460. The molecule has 1 fully saturated rings.